The van der Waals surface area contributed by atoms with Gasteiger partial charge in [0.05, 0.1) is 7.11 Å². The summed E-state index contributed by atoms with van der Waals surface area (Å²) in [6.45, 7) is -2.66. The summed E-state index contributed by atoms with van der Waals surface area (Å²) in [6, 6.07) is 13.8. The maximum absolute atomic E-state index is 12.4. The van der Waals surface area contributed by atoms with E-state index in [-0.39, 0.29) is 21.6 Å². The Morgan fingerprint density at radius 1 is 1.09 bits per heavy atom. The topological polar surface area (TPSA) is 93.7 Å². The van der Waals surface area contributed by atoms with Gasteiger partial charge < -0.3 is 14.8 Å². The normalized spacial score (nSPS) is 11.2. The first-order valence-corrected chi connectivity index (χ1v) is 11.7. The van der Waals surface area contributed by atoms with E-state index in [4.69, 9.17) is 4.74 Å². The van der Waals surface area contributed by atoms with E-state index in [1.165, 1.54) is 43.5 Å². The van der Waals surface area contributed by atoms with Crippen LogP contribution in [0.15, 0.2) is 64.2 Å². The van der Waals surface area contributed by atoms with E-state index in [0.717, 1.165) is 16.9 Å². The maximum Gasteiger partial charge on any atom is 0.387 e. The SMILES string of the molecule is COc1cc(CCNC(=O)c2ccc(NS(=O)(=O)c3cccs3)cc2)ccc1OC(F)F. The summed E-state index contributed by atoms with van der Waals surface area (Å²) >= 11 is 1.11. The summed E-state index contributed by atoms with van der Waals surface area (Å²) in [5.74, 6) is -0.220. The highest BCUT2D eigenvalue weighted by atomic mass is 32.2. The van der Waals surface area contributed by atoms with Crippen molar-refractivity contribution in [3.8, 4) is 11.5 Å². The highest BCUT2D eigenvalue weighted by Crippen LogP contribution is 2.29. The smallest absolute Gasteiger partial charge is 0.387 e. The van der Waals surface area contributed by atoms with Crippen LogP contribution in [0.3, 0.4) is 0 Å². The van der Waals surface area contributed by atoms with Crippen LogP contribution in [0.2, 0.25) is 0 Å². The van der Waals surface area contributed by atoms with Crippen LogP contribution in [-0.4, -0.2) is 34.6 Å². The lowest BCUT2D eigenvalue weighted by atomic mass is 10.1. The van der Waals surface area contributed by atoms with Crippen molar-refractivity contribution >= 4 is 33.0 Å². The third-order valence-corrected chi connectivity index (χ3v) is 7.08. The molecule has 0 aliphatic rings. The second kappa shape index (κ2) is 10.4. The number of hydrogen-bond donors (Lipinski definition) is 2. The maximum atomic E-state index is 12.4. The number of amides is 1. The highest BCUT2D eigenvalue weighted by Gasteiger charge is 2.15. The van der Waals surface area contributed by atoms with Gasteiger partial charge in [-0.1, -0.05) is 12.1 Å². The number of ether oxygens (including phenoxy) is 2. The van der Waals surface area contributed by atoms with Crippen molar-refractivity contribution in [2.24, 2.45) is 0 Å². The van der Waals surface area contributed by atoms with Gasteiger partial charge in [0.2, 0.25) is 0 Å². The van der Waals surface area contributed by atoms with Gasteiger partial charge in [0.25, 0.3) is 15.9 Å². The molecular weight excluding hydrogens is 462 g/mol. The molecule has 2 N–H and O–H groups in total. The number of benzene rings is 2. The molecule has 32 heavy (non-hydrogen) atoms. The average molecular weight is 483 g/mol. The predicted molar refractivity (Wildman–Crippen MR) is 117 cm³/mol. The minimum Gasteiger partial charge on any atom is -0.493 e. The zero-order valence-electron chi connectivity index (χ0n) is 16.9. The van der Waals surface area contributed by atoms with Crippen molar-refractivity contribution in [1.82, 2.24) is 5.32 Å². The van der Waals surface area contributed by atoms with E-state index in [9.17, 15) is 22.0 Å². The van der Waals surface area contributed by atoms with Gasteiger partial charge in [-0.25, -0.2) is 8.42 Å². The molecule has 0 saturated heterocycles. The number of hydrogen-bond acceptors (Lipinski definition) is 6. The summed E-state index contributed by atoms with van der Waals surface area (Å²) in [5.41, 5.74) is 1.47. The zero-order chi connectivity index (χ0) is 23.1. The van der Waals surface area contributed by atoms with Crippen LogP contribution in [0.1, 0.15) is 15.9 Å². The number of rotatable bonds is 10. The number of halogens is 2. The van der Waals surface area contributed by atoms with E-state index in [1.807, 2.05) is 0 Å². The fourth-order valence-corrected chi connectivity index (χ4v) is 4.85. The number of methoxy groups -OCH3 is 1. The van der Waals surface area contributed by atoms with Gasteiger partial charge in [-0.15, -0.1) is 11.3 Å². The Labute approximate surface area is 188 Å². The molecule has 0 radical (unpaired) electrons. The number of carbonyl (C=O) groups excluding carboxylic acids is 1. The molecule has 11 heteroatoms. The van der Waals surface area contributed by atoms with Gasteiger partial charge in [-0.05, 0) is 59.8 Å². The average Bonchev–Trinajstić information content (AvgIpc) is 3.30. The molecule has 0 saturated carbocycles. The summed E-state index contributed by atoms with van der Waals surface area (Å²) in [7, 11) is -2.31. The van der Waals surface area contributed by atoms with Crippen molar-refractivity contribution in [2.75, 3.05) is 18.4 Å². The van der Waals surface area contributed by atoms with Crippen molar-refractivity contribution in [3.63, 3.8) is 0 Å². The van der Waals surface area contributed by atoms with E-state index < -0.39 is 16.6 Å². The van der Waals surface area contributed by atoms with E-state index >= 15 is 0 Å². The Bertz CT molecular complexity index is 1150. The molecule has 0 spiro atoms. The van der Waals surface area contributed by atoms with Gasteiger partial charge >= 0.3 is 6.61 Å². The van der Waals surface area contributed by atoms with Crippen LogP contribution < -0.4 is 19.5 Å². The highest BCUT2D eigenvalue weighted by molar-refractivity contribution is 7.94. The van der Waals surface area contributed by atoms with Crippen LogP contribution in [0.25, 0.3) is 0 Å². The molecule has 2 aromatic carbocycles. The van der Waals surface area contributed by atoms with Crippen LogP contribution in [0, 0.1) is 0 Å². The summed E-state index contributed by atoms with van der Waals surface area (Å²) in [4.78, 5) is 12.3. The molecule has 1 amide bonds. The van der Waals surface area contributed by atoms with E-state index in [0.29, 0.717) is 24.2 Å². The number of thiophene rings is 1. The number of carbonyl (C=O) groups is 1. The molecule has 3 aromatic rings. The molecule has 0 aliphatic carbocycles. The minimum atomic E-state index is -3.66. The largest absolute Gasteiger partial charge is 0.493 e. The number of anilines is 1. The lowest BCUT2D eigenvalue weighted by Gasteiger charge is -2.12. The second-order valence-electron chi connectivity index (χ2n) is 6.48. The Morgan fingerprint density at radius 2 is 1.84 bits per heavy atom. The molecule has 7 nitrogen and oxygen atoms in total. The number of sulfonamides is 1. The fraction of sp³-hybridized carbons (Fsp3) is 0.190. The van der Waals surface area contributed by atoms with E-state index in [1.54, 1.807) is 23.6 Å². The van der Waals surface area contributed by atoms with Crippen molar-refractivity contribution in [2.45, 2.75) is 17.2 Å². The zero-order valence-corrected chi connectivity index (χ0v) is 18.5. The first-order chi connectivity index (χ1) is 15.3. The van der Waals surface area contributed by atoms with Crippen LogP contribution in [0.4, 0.5) is 14.5 Å². The molecule has 0 fully saturated rings. The standard InChI is InChI=1S/C21H20F2N2O5S2/c1-29-18-13-14(4-9-17(18)30-21(22)23)10-11-24-20(26)15-5-7-16(8-6-15)25-32(27,28)19-3-2-12-31-19/h2-9,12-13,21,25H,10-11H2,1H3,(H,24,26). The van der Waals surface area contributed by atoms with Gasteiger partial charge in [0.15, 0.2) is 11.5 Å². The van der Waals surface area contributed by atoms with Crippen LogP contribution in [0.5, 0.6) is 11.5 Å². The molecule has 0 atom stereocenters. The molecule has 3 rings (SSSR count). The predicted octanol–water partition coefficient (Wildman–Crippen LogP) is 4.13. The van der Waals surface area contributed by atoms with Crippen molar-refractivity contribution in [3.05, 3.63) is 71.1 Å². The Kier molecular flexibility index (Phi) is 7.65. The summed E-state index contributed by atoms with van der Waals surface area (Å²) < 4.78 is 61.4. The monoisotopic (exact) mass is 482 g/mol. The molecule has 0 unspecified atom stereocenters. The Balaban J connectivity index is 1.54. The lowest BCUT2D eigenvalue weighted by Crippen LogP contribution is -2.25. The first kappa shape index (κ1) is 23.5. The minimum absolute atomic E-state index is 0.0647. The summed E-state index contributed by atoms with van der Waals surface area (Å²) in [6.07, 6.45) is 0.440. The van der Waals surface area contributed by atoms with Crippen molar-refractivity contribution < 1.29 is 31.5 Å². The van der Waals surface area contributed by atoms with Gasteiger partial charge in [-0.3, -0.25) is 9.52 Å². The Hall–Kier alpha value is -3.18. The second-order valence-corrected chi connectivity index (χ2v) is 9.34. The summed E-state index contributed by atoms with van der Waals surface area (Å²) in [5, 5.41) is 4.42. The molecule has 170 valence electrons. The number of alkyl halides is 2. The molecule has 0 aliphatic heterocycles. The van der Waals surface area contributed by atoms with Gasteiger partial charge in [0, 0.05) is 17.8 Å². The third kappa shape index (κ3) is 6.17. The Morgan fingerprint density at radius 3 is 2.47 bits per heavy atom. The van der Waals surface area contributed by atoms with Crippen LogP contribution in [-0.2, 0) is 16.4 Å². The first-order valence-electron chi connectivity index (χ1n) is 9.35. The van der Waals surface area contributed by atoms with Crippen LogP contribution >= 0.6 is 11.3 Å². The molecular formula is C21H20F2N2O5S2. The fourth-order valence-electron chi connectivity index (χ4n) is 2.79. The van der Waals surface area contributed by atoms with Crippen molar-refractivity contribution in [1.29, 1.82) is 0 Å². The lowest BCUT2D eigenvalue weighted by molar-refractivity contribution is -0.0512. The van der Waals surface area contributed by atoms with Gasteiger partial charge in [0.1, 0.15) is 4.21 Å². The molecule has 0 bridgehead atoms. The molecule has 1 heterocycles. The third-order valence-electron chi connectivity index (χ3n) is 4.30. The van der Waals surface area contributed by atoms with Gasteiger partial charge in [-0.2, -0.15) is 8.78 Å². The van der Waals surface area contributed by atoms with E-state index in [2.05, 4.69) is 14.8 Å². The quantitative estimate of drug-likeness (QED) is 0.453. The molecule has 1 aromatic heterocycles. The number of nitrogens with one attached hydrogen (secondary N) is 2.